The third kappa shape index (κ3) is 4.82. The van der Waals surface area contributed by atoms with Gasteiger partial charge in [0.1, 0.15) is 0 Å². The quantitative estimate of drug-likeness (QED) is 0.565. The van der Waals surface area contributed by atoms with Crippen LogP contribution in [0.4, 0.5) is 11.5 Å². The first-order chi connectivity index (χ1) is 16.8. The molecule has 0 radical (unpaired) electrons. The molecule has 184 valence electrons. The molecule has 2 aromatic carbocycles. The molecule has 0 spiro atoms. The van der Waals surface area contributed by atoms with Gasteiger partial charge in [-0.3, -0.25) is 9.89 Å². The highest BCUT2D eigenvalue weighted by atomic mass is 32.2. The van der Waals surface area contributed by atoms with Gasteiger partial charge in [0.05, 0.1) is 4.90 Å². The van der Waals surface area contributed by atoms with Gasteiger partial charge in [-0.15, -0.1) is 0 Å². The van der Waals surface area contributed by atoms with Gasteiger partial charge in [0.15, 0.2) is 5.82 Å². The largest absolute Gasteiger partial charge is 0.369 e. The highest BCUT2D eigenvalue weighted by molar-refractivity contribution is 7.89. The Morgan fingerprint density at radius 3 is 2.49 bits per heavy atom. The summed E-state index contributed by atoms with van der Waals surface area (Å²) >= 11 is 0. The van der Waals surface area contributed by atoms with Crippen LogP contribution in [0.5, 0.6) is 0 Å². The van der Waals surface area contributed by atoms with Crippen molar-refractivity contribution >= 4 is 27.4 Å². The number of benzene rings is 2. The first-order valence-corrected chi connectivity index (χ1v) is 13.2. The number of hydrogen-bond acceptors (Lipinski definition) is 6. The van der Waals surface area contributed by atoms with Gasteiger partial charge in [0, 0.05) is 68.2 Å². The van der Waals surface area contributed by atoms with E-state index < -0.39 is 10.0 Å². The fourth-order valence-corrected chi connectivity index (χ4v) is 6.09. The zero-order valence-electron chi connectivity index (χ0n) is 20.0. The van der Waals surface area contributed by atoms with Crippen molar-refractivity contribution < 1.29 is 13.2 Å². The van der Waals surface area contributed by atoms with E-state index in [9.17, 15) is 13.2 Å². The van der Waals surface area contributed by atoms with Gasteiger partial charge in [-0.1, -0.05) is 12.1 Å². The number of hydrogen-bond donors (Lipinski definition) is 2. The Hall–Kier alpha value is -3.21. The van der Waals surface area contributed by atoms with E-state index in [0.717, 1.165) is 43.1 Å². The number of nitrogens with zero attached hydrogens (tertiary/aromatic N) is 4. The molecule has 5 rings (SSSR count). The van der Waals surface area contributed by atoms with Gasteiger partial charge in [-0.05, 0) is 55.9 Å². The highest BCUT2D eigenvalue weighted by Crippen LogP contribution is 2.29. The summed E-state index contributed by atoms with van der Waals surface area (Å²) in [6.45, 7) is 6.33. The molecular weight excluding hydrogens is 464 g/mol. The number of anilines is 2. The number of carbonyl (C=O) groups excluding carboxylic acids is 1. The SMILES string of the molecule is Cc1cccc(S(=O)(=O)N2CCc3[nH]nc(NC(=O)c4ccc(N5CCN(C)CC5)cc4)c3C2)c1. The fourth-order valence-electron chi connectivity index (χ4n) is 4.57. The predicted molar refractivity (Wildman–Crippen MR) is 135 cm³/mol. The smallest absolute Gasteiger partial charge is 0.256 e. The lowest BCUT2D eigenvalue weighted by molar-refractivity contribution is 0.102. The zero-order valence-corrected chi connectivity index (χ0v) is 20.8. The summed E-state index contributed by atoms with van der Waals surface area (Å²) in [5, 5.41) is 10.1. The average molecular weight is 495 g/mol. The molecule has 1 saturated heterocycles. The molecule has 0 atom stereocenters. The van der Waals surface area contributed by atoms with Crippen LogP contribution in [0.3, 0.4) is 0 Å². The van der Waals surface area contributed by atoms with Crippen molar-refractivity contribution in [2.24, 2.45) is 0 Å². The van der Waals surface area contributed by atoms with E-state index in [1.807, 2.05) is 37.3 Å². The normalized spacial score (nSPS) is 17.3. The van der Waals surface area contributed by atoms with Crippen LogP contribution in [-0.4, -0.2) is 73.5 Å². The Kier molecular flexibility index (Phi) is 6.35. The number of likely N-dealkylation sites (N-methyl/N-ethyl adjacent to an activating group) is 1. The number of carbonyl (C=O) groups is 1. The van der Waals surface area contributed by atoms with Crippen LogP contribution >= 0.6 is 0 Å². The summed E-state index contributed by atoms with van der Waals surface area (Å²) < 4.78 is 27.9. The van der Waals surface area contributed by atoms with Crippen LogP contribution in [0, 0.1) is 6.92 Å². The fraction of sp³-hybridized carbons (Fsp3) is 0.360. The van der Waals surface area contributed by atoms with E-state index in [1.54, 1.807) is 18.2 Å². The van der Waals surface area contributed by atoms with Crippen LogP contribution < -0.4 is 10.2 Å². The molecule has 1 amide bonds. The molecule has 0 saturated carbocycles. The second-order valence-corrected chi connectivity index (χ2v) is 11.2. The van der Waals surface area contributed by atoms with Crippen molar-refractivity contribution in [3.8, 4) is 0 Å². The number of nitrogens with one attached hydrogen (secondary N) is 2. The first-order valence-electron chi connectivity index (χ1n) is 11.8. The van der Waals surface area contributed by atoms with E-state index >= 15 is 0 Å². The lowest BCUT2D eigenvalue weighted by Gasteiger charge is -2.34. The summed E-state index contributed by atoms with van der Waals surface area (Å²) in [5.74, 6) is 0.0974. The maximum absolute atomic E-state index is 13.2. The van der Waals surface area contributed by atoms with E-state index in [1.165, 1.54) is 4.31 Å². The molecule has 3 aromatic rings. The van der Waals surface area contributed by atoms with Crippen LogP contribution in [0.2, 0.25) is 0 Å². The summed E-state index contributed by atoms with van der Waals surface area (Å²) in [7, 11) is -1.53. The predicted octanol–water partition coefficient (Wildman–Crippen LogP) is 2.47. The zero-order chi connectivity index (χ0) is 24.6. The molecule has 2 aliphatic rings. The lowest BCUT2D eigenvalue weighted by Crippen LogP contribution is -2.44. The number of aryl methyl sites for hydroxylation is 1. The molecule has 35 heavy (non-hydrogen) atoms. The van der Waals surface area contributed by atoms with Crippen molar-refractivity contribution in [1.29, 1.82) is 0 Å². The van der Waals surface area contributed by atoms with Crippen molar-refractivity contribution in [3.63, 3.8) is 0 Å². The average Bonchev–Trinajstić information content (AvgIpc) is 3.26. The number of fused-ring (bicyclic) bond motifs is 1. The number of piperazine rings is 1. The standard InChI is InChI=1S/C25H30N6O3S/c1-18-4-3-5-21(16-18)35(33,34)31-11-10-23-22(17-31)24(28-27-23)26-25(32)19-6-8-20(9-7-19)30-14-12-29(2)13-15-30/h3-9,16H,10-15,17H2,1-2H3,(H2,26,27,28,32). The number of sulfonamides is 1. The highest BCUT2D eigenvalue weighted by Gasteiger charge is 2.31. The van der Waals surface area contributed by atoms with Crippen LogP contribution in [0.25, 0.3) is 0 Å². The maximum Gasteiger partial charge on any atom is 0.256 e. The first kappa shape index (κ1) is 23.5. The van der Waals surface area contributed by atoms with Gasteiger partial charge in [-0.25, -0.2) is 8.42 Å². The number of aromatic nitrogens is 2. The monoisotopic (exact) mass is 494 g/mol. The molecular formula is C25H30N6O3S. The van der Waals surface area contributed by atoms with Gasteiger partial charge in [0.25, 0.3) is 5.91 Å². The molecule has 0 unspecified atom stereocenters. The van der Waals surface area contributed by atoms with Gasteiger partial charge < -0.3 is 15.1 Å². The summed E-state index contributed by atoms with van der Waals surface area (Å²) in [4.78, 5) is 17.8. The van der Waals surface area contributed by atoms with Crippen LogP contribution in [0.15, 0.2) is 53.4 Å². The minimum Gasteiger partial charge on any atom is -0.369 e. The lowest BCUT2D eigenvalue weighted by atomic mass is 10.1. The van der Waals surface area contributed by atoms with Crippen molar-refractivity contribution in [2.45, 2.75) is 24.8 Å². The van der Waals surface area contributed by atoms with Crippen molar-refractivity contribution in [1.82, 2.24) is 19.4 Å². The number of aromatic amines is 1. The molecule has 1 aromatic heterocycles. The Labute approximate surface area is 205 Å². The number of H-pyrrole nitrogens is 1. The van der Waals surface area contributed by atoms with E-state index in [4.69, 9.17) is 0 Å². The molecule has 2 N–H and O–H groups in total. The van der Waals surface area contributed by atoms with E-state index in [0.29, 0.717) is 29.9 Å². The second kappa shape index (κ2) is 9.44. The van der Waals surface area contributed by atoms with Crippen LogP contribution in [-0.2, 0) is 23.0 Å². The Morgan fingerprint density at radius 1 is 1.03 bits per heavy atom. The van der Waals surface area contributed by atoms with Gasteiger partial charge in [0.2, 0.25) is 10.0 Å². The second-order valence-electron chi connectivity index (χ2n) is 9.23. The molecule has 0 aliphatic carbocycles. The Morgan fingerprint density at radius 2 is 1.77 bits per heavy atom. The molecule has 2 aliphatic heterocycles. The molecule has 1 fully saturated rings. The van der Waals surface area contributed by atoms with E-state index in [2.05, 4.69) is 32.4 Å². The van der Waals surface area contributed by atoms with Crippen molar-refractivity contribution in [2.75, 3.05) is 50.0 Å². The summed E-state index contributed by atoms with van der Waals surface area (Å²) in [5.41, 5.74) is 4.07. The van der Waals surface area contributed by atoms with Gasteiger partial charge in [-0.2, -0.15) is 9.40 Å². The molecule has 0 bridgehead atoms. The molecule has 9 nitrogen and oxygen atoms in total. The number of rotatable bonds is 5. The van der Waals surface area contributed by atoms with Crippen LogP contribution in [0.1, 0.15) is 27.2 Å². The van der Waals surface area contributed by atoms with E-state index in [-0.39, 0.29) is 17.3 Å². The molecule has 3 heterocycles. The Bertz CT molecular complexity index is 1330. The van der Waals surface area contributed by atoms with Crippen molar-refractivity contribution in [3.05, 3.63) is 70.9 Å². The minimum absolute atomic E-state index is 0.153. The Balaban J connectivity index is 1.29. The molecule has 10 heteroatoms. The summed E-state index contributed by atoms with van der Waals surface area (Å²) in [6, 6.07) is 14.5. The number of amides is 1. The minimum atomic E-state index is -3.65. The summed E-state index contributed by atoms with van der Waals surface area (Å²) in [6.07, 6.45) is 0.503. The van der Waals surface area contributed by atoms with Gasteiger partial charge >= 0.3 is 0 Å². The third-order valence-electron chi connectivity index (χ3n) is 6.76. The maximum atomic E-state index is 13.2. The topological polar surface area (TPSA) is 102 Å². The third-order valence-corrected chi connectivity index (χ3v) is 8.60.